The number of benzene rings is 2. The maximum atomic E-state index is 15.2. The Balaban J connectivity index is 1.35. The van der Waals surface area contributed by atoms with Crippen LogP contribution in [0.5, 0.6) is 0 Å². The zero-order valence-electron chi connectivity index (χ0n) is 20.6. The van der Waals surface area contributed by atoms with E-state index in [1.807, 2.05) is 6.07 Å². The molecule has 0 atom stereocenters. The molecule has 1 aromatic heterocycles. The third-order valence-electron chi connectivity index (χ3n) is 8.22. The first kappa shape index (κ1) is 23.1. The molecule has 0 spiro atoms. The van der Waals surface area contributed by atoms with Crippen molar-refractivity contribution >= 4 is 22.8 Å². The van der Waals surface area contributed by atoms with Gasteiger partial charge < -0.3 is 10.1 Å². The Labute approximate surface area is 210 Å². The van der Waals surface area contributed by atoms with Gasteiger partial charge in [-0.2, -0.15) is 0 Å². The highest BCUT2D eigenvalue weighted by molar-refractivity contribution is 5.99. The Morgan fingerprint density at radius 2 is 1.86 bits per heavy atom. The number of halogens is 1. The molecule has 36 heavy (non-hydrogen) atoms. The monoisotopic (exact) mass is 486 g/mol. The van der Waals surface area contributed by atoms with Crippen LogP contribution in [0.25, 0.3) is 22.0 Å². The second-order valence-electron chi connectivity index (χ2n) is 10.7. The minimum Gasteiger partial charge on any atom is -0.459 e. The van der Waals surface area contributed by atoms with Gasteiger partial charge in [0.15, 0.2) is 0 Å². The zero-order chi connectivity index (χ0) is 24.8. The summed E-state index contributed by atoms with van der Waals surface area (Å²) in [7, 11) is 0. The van der Waals surface area contributed by atoms with Gasteiger partial charge in [-0.1, -0.05) is 25.5 Å². The van der Waals surface area contributed by atoms with E-state index in [-0.39, 0.29) is 23.8 Å². The second-order valence-corrected chi connectivity index (χ2v) is 10.7. The summed E-state index contributed by atoms with van der Waals surface area (Å²) in [5.74, 6) is 1.24. The van der Waals surface area contributed by atoms with Crippen LogP contribution in [0.4, 0.5) is 4.39 Å². The summed E-state index contributed by atoms with van der Waals surface area (Å²) in [5, 5.41) is 3.72. The first-order chi connectivity index (χ1) is 17.5. The maximum Gasteiger partial charge on any atom is 0.340 e. The number of amides is 1. The summed E-state index contributed by atoms with van der Waals surface area (Å²) in [5.41, 5.74) is 3.66. The van der Waals surface area contributed by atoms with Gasteiger partial charge in [-0.3, -0.25) is 9.78 Å². The van der Waals surface area contributed by atoms with E-state index in [1.54, 1.807) is 30.5 Å². The summed E-state index contributed by atoms with van der Waals surface area (Å²) >= 11 is 0. The van der Waals surface area contributed by atoms with Crippen molar-refractivity contribution in [2.75, 3.05) is 6.54 Å². The molecule has 2 aromatic carbocycles. The summed E-state index contributed by atoms with van der Waals surface area (Å²) in [6.07, 6.45) is 8.72. The molecular formula is C30H31FN2O3. The number of fused-ring (bicyclic) bond motifs is 1. The Morgan fingerprint density at radius 3 is 2.50 bits per heavy atom. The number of nitrogens with one attached hydrogen (secondary N) is 1. The van der Waals surface area contributed by atoms with Crippen molar-refractivity contribution in [1.82, 2.24) is 10.3 Å². The number of unbranched alkanes of at least 4 members (excludes halogenated alkanes) is 1. The van der Waals surface area contributed by atoms with Crippen LogP contribution < -0.4 is 5.32 Å². The molecule has 0 saturated heterocycles. The highest BCUT2D eigenvalue weighted by Gasteiger charge is 2.52. The molecule has 2 bridgehead atoms. The molecular weight excluding hydrogens is 455 g/mol. The SMILES string of the molecule is CCCCNC(=O)c1ccc(-c2cc3c(CC4C5CC4C5)c(C(=O)OC4CC4)cnc3cc2F)cc1. The average molecular weight is 487 g/mol. The standard InChI is InChI=1S/C30H31FN2O3/c1-2-3-10-32-29(34)18-6-4-17(5-7-18)23-14-25-24(13-22-19-11-20(22)12-19)26(30(35)36-21-8-9-21)16-33-28(25)15-27(23)31/h4-7,14-16,19-22H,2-3,8-13H2,1H3,(H,32,34). The van der Waals surface area contributed by atoms with Crippen LogP contribution in [0, 0.1) is 23.6 Å². The van der Waals surface area contributed by atoms with E-state index in [0.717, 1.165) is 54.9 Å². The van der Waals surface area contributed by atoms with Crippen molar-refractivity contribution in [3.05, 3.63) is 65.1 Å². The number of nitrogens with zero attached hydrogens (tertiary/aromatic N) is 1. The summed E-state index contributed by atoms with van der Waals surface area (Å²) < 4.78 is 20.9. The van der Waals surface area contributed by atoms with E-state index < -0.39 is 0 Å². The predicted molar refractivity (Wildman–Crippen MR) is 136 cm³/mol. The van der Waals surface area contributed by atoms with Crippen molar-refractivity contribution < 1.29 is 18.7 Å². The fourth-order valence-electron chi connectivity index (χ4n) is 5.54. The van der Waals surface area contributed by atoms with Crippen molar-refractivity contribution in [2.45, 2.75) is 58.0 Å². The van der Waals surface area contributed by atoms with Gasteiger partial charge >= 0.3 is 5.97 Å². The summed E-state index contributed by atoms with van der Waals surface area (Å²) in [4.78, 5) is 29.8. The predicted octanol–water partition coefficient (Wildman–Crippen LogP) is 6.09. The van der Waals surface area contributed by atoms with Crippen LogP contribution in [0.2, 0.25) is 0 Å². The van der Waals surface area contributed by atoms with Crippen LogP contribution >= 0.6 is 0 Å². The fourth-order valence-corrected chi connectivity index (χ4v) is 5.54. The van der Waals surface area contributed by atoms with Gasteiger partial charge in [-0.05, 0) is 85.6 Å². The maximum absolute atomic E-state index is 15.2. The molecule has 4 saturated carbocycles. The zero-order valence-corrected chi connectivity index (χ0v) is 20.6. The molecule has 0 unspecified atom stereocenters. The number of esters is 1. The van der Waals surface area contributed by atoms with E-state index in [9.17, 15) is 9.59 Å². The molecule has 1 heterocycles. The van der Waals surface area contributed by atoms with Gasteiger partial charge in [0.1, 0.15) is 11.9 Å². The fraction of sp³-hybridized carbons (Fsp3) is 0.433. The van der Waals surface area contributed by atoms with Gasteiger partial charge in [0.2, 0.25) is 0 Å². The summed E-state index contributed by atoms with van der Waals surface area (Å²) in [6, 6.07) is 10.3. The molecule has 0 radical (unpaired) electrons. The van der Waals surface area contributed by atoms with Gasteiger partial charge in [-0.25, -0.2) is 9.18 Å². The van der Waals surface area contributed by atoms with Crippen molar-refractivity contribution in [3.63, 3.8) is 0 Å². The number of carbonyl (C=O) groups is 2. The van der Waals surface area contributed by atoms with Crippen LogP contribution in [0.3, 0.4) is 0 Å². The molecule has 0 aliphatic heterocycles. The van der Waals surface area contributed by atoms with Gasteiger partial charge in [0, 0.05) is 35.3 Å². The first-order valence-electron chi connectivity index (χ1n) is 13.2. The van der Waals surface area contributed by atoms with Crippen LogP contribution in [-0.2, 0) is 11.2 Å². The van der Waals surface area contributed by atoms with Crippen LogP contribution in [-0.4, -0.2) is 29.5 Å². The highest BCUT2D eigenvalue weighted by Crippen LogP contribution is 2.60. The normalized spacial score (nSPS) is 22.0. The molecule has 4 aliphatic carbocycles. The highest BCUT2D eigenvalue weighted by atomic mass is 19.1. The molecule has 7 rings (SSSR count). The third kappa shape index (κ3) is 4.27. The van der Waals surface area contributed by atoms with E-state index in [0.29, 0.717) is 40.2 Å². The number of rotatable bonds is 9. The quantitative estimate of drug-likeness (QED) is 0.294. The number of aromatic nitrogens is 1. The first-order valence-corrected chi connectivity index (χ1v) is 13.2. The molecule has 3 aromatic rings. The minimum atomic E-state index is -0.374. The van der Waals surface area contributed by atoms with E-state index in [1.165, 1.54) is 18.9 Å². The van der Waals surface area contributed by atoms with E-state index in [4.69, 9.17) is 4.74 Å². The smallest absolute Gasteiger partial charge is 0.340 e. The van der Waals surface area contributed by atoms with Crippen molar-refractivity contribution in [3.8, 4) is 11.1 Å². The Hall–Kier alpha value is -3.28. The van der Waals surface area contributed by atoms with Crippen LogP contribution in [0.15, 0.2) is 42.6 Å². The largest absolute Gasteiger partial charge is 0.459 e. The minimum absolute atomic E-state index is 0.0135. The van der Waals surface area contributed by atoms with Crippen LogP contribution in [0.1, 0.15) is 71.7 Å². The lowest BCUT2D eigenvalue weighted by Gasteiger charge is -2.58. The van der Waals surface area contributed by atoms with Crippen molar-refractivity contribution in [1.29, 1.82) is 0 Å². The molecule has 5 nitrogen and oxygen atoms in total. The summed E-state index contributed by atoms with van der Waals surface area (Å²) in [6.45, 7) is 2.72. The van der Waals surface area contributed by atoms with Gasteiger partial charge in [0.05, 0.1) is 11.1 Å². The second kappa shape index (κ2) is 9.30. The van der Waals surface area contributed by atoms with Gasteiger partial charge in [0.25, 0.3) is 5.91 Å². The number of carbonyl (C=O) groups excluding carboxylic acids is 2. The Morgan fingerprint density at radius 1 is 1.11 bits per heavy atom. The van der Waals surface area contributed by atoms with Gasteiger partial charge in [-0.15, -0.1) is 0 Å². The molecule has 1 amide bonds. The topological polar surface area (TPSA) is 68.3 Å². The molecule has 6 heteroatoms. The van der Waals surface area contributed by atoms with Crippen molar-refractivity contribution in [2.24, 2.45) is 17.8 Å². The average Bonchev–Trinajstić information content (AvgIpc) is 3.64. The Kier molecular flexibility index (Phi) is 5.98. The number of pyridine rings is 1. The lowest BCUT2D eigenvalue weighted by atomic mass is 9.47. The molecule has 1 N–H and O–H groups in total. The Bertz CT molecular complexity index is 1320. The number of hydrogen-bond acceptors (Lipinski definition) is 4. The third-order valence-corrected chi connectivity index (χ3v) is 8.22. The molecule has 4 aliphatic rings. The molecule has 4 fully saturated rings. The van der Waals surface area contributed by atoms with E-state index in [2.05, 4.69) is 17.2 Å². The van der Waals surface area contributed by atoms with E-state index >= 15 is 4.39 Å². The lowest BCUT2D eigenvalue weighted by molar-refractivity contribution is -0.0794. The number of hydrogen-bond donors (Lipinski definition) is 1. The number of ether oxygens (including phenoxy) is 1. The lowest BCUT2D eigenvalue weighted by Crippen LogP contribution is -2.51. The molecule has 186 valence electrons.